The van der Waals surface area contributed by atoms with Gasteiger partial charge in [-0.1, -0.05) is 46.8 Å². The van der Waals surface area contributed by atoms with Gasteiger partial charge in [-0.15, -0.1) is 0 Å². The van der Waals surface area contributed by atoms with Crippen LogP contribution < -0.4 is 0 Å². The van der Waals surface area contributed by atoms with E-state index in [1.807, 2.05) is 6.08 Å². The Morgan fingerprint density at radius 1 is 1.08 bits per heavy atom. The third-order valence-electron chi connectivity index (χ3n) is 12.4. The summed E-state index contributed by atoms with van der Waals surface area (Å²) in [7, 11) is 3.22. The Morgan fingerprint density at radius 2 is 1.76 bits per heavy atom. The van der Waals surface area contributed by atoms with E-state index in [-0.39, 0.29) is 58.5 Å². The number of allylic oxidation sites excluding steroid dienone is 2. The molecule has 5 nitrogen and oxygen atoms in total. The summed E-state index contributed by atoms with van der Waals surface area (Å²) in [6.07, 6.45) is 8.96. The minimum Gasteiger partial charge on any atom is -0.469 e. The highest BCUT2D eigenvalue weighted by molar-refractivity contribution is 5.96. The van der Waals surface area contributed by atoms with E-state index >= 15 is 0 Å². The normalized spacial score (nSPS) is 48.6. The number of carbonyl (C=O) groups is 2. The van der Waals surface area contributed by atoms with Gasteiger partial charge in [0.25, 0.3) is 0 Å². The van der Waals surface area contributed by atoms with Gasteiger partial charge in [0.05, 0.1) is 25.2 Å². The van der Waals surface area contributed by atoms with Crippen LogP contribution in [0, 0.1) is 50.7 Å². The van der Waals surface area contributed by atoms with Crippen LogP contribution in [0.3, 0.4) is 0 Å². The summed E-state index contributed by atoms with van der Waals surface area (Å²) >= 11 is 0. The van der Waals surface area contributed by atoms with Crippen molar-refractivity contribution in [3.63, 3.8) is 0 Å². The van der Waals surface area contributed by atoms with E-state index in [0.29, 0.717) is 5.92 Å². The second-order valence-electron chi connectivity index (χ2n) is 14.8. The minimum atomic E-state index is -0.545. The van der Waals surface area contributed by atoms with Crippen LogP contribution in [-0.2, 0) is 19.1 Å². The van der Waals surface area contributed by atoms with Gasteiger partial charge >= 0.3 is 5.97 Å². The molecular formula is C32H48O5. The average Bonchev–Trinajstić information content (AvgIpc) is 2.83. The van der Waals surface area contributed by atoms with Crippen LogP contribution >= 0.6 is 0 Å². The largest absolute Gasteiger partial charge is 0.469 e. The molecule has 0 aromatic rings. The van der Waals surface area contributed by atoms with Crippen molar-refractivity contribution in [3.8, 4) is 0 Å². The maximum Gasteiger partial charge on any atom is 0.312 e. The second-order valence-corrected chi connectivity index (χ2v) is 14.8. The van der Waals surface area contributed by atoms with Gasteiger partial charge in [-0.2, -0.15) is 0 Å². The smallest absolute Gasteiger partial charge is 0.312 e. The number of ketones is 1. The molecule has 5 aliphatic rings. The van der Waals surface area contributed by atoms with Crippen LogP contribution in [0.5, 0.6) is 0 Å². The molecule has 5 aliphatic carbocycles. The molecule has 0 aliphatic heterocycles. The number of carbonyl (C=O) groups excluding carboxylic acids is 2. The molecule has 0 aromatic heterocycles. The second kappa shape index (κ2) is 8.52. The fourth-order valence-electron chi connectivity index (χ4n) is 10.7. The van der Waals surface area contributed by atoms with Gasteiger partial charge in [0.15, 0.2) is 5.78 Å². The highest BCUT2D eigenvalue weighted by Crippen LogP contribution is 2.71. The van der Waals surface area contributed by atoms with Gasteiger partial charge in [-0.25, -0.2) is 0 Å². The molecule has 4 saturated carbocycles. The first-order chi connectivity index (χ1) is 17.2. The fourth-order valence-corrected chi connectivity index (χ4v) is 10.7. The van der Waals surface area contributed by atoms with Crippen molar-refractivity contribution in [2.75, 3.05) is 20.8 Å². The van der Waals surface area contributed by atoms with Crippen LogP contribution in [0.25, 0.3) is 0 Å². The number of aliphatic hydroxyl groups excluding tert-OH is 1. The number of rotatable bonds is 3. The molecule has 0 spiro atoms. The summed E-state index contributed by atoms with van der Waals surface area (Å²) in [5.74, 6) is 0.462. The zero-order valence-corrected chi connectivity index (χ0v) is 24.1. The summed E-state index contributed by atoms with van der Waals surface area (Å²) in [6.45, 7) is 15.8. The van der Waals surface area contributed by atoms with Crippen molar-refractivity contribution in [1.82, 2.24) is 0 Å². The van der Waals surface area contributed by atoms with E-state index in [1.165, 1.54) is 12.7 Å². The first kappa shape index (κ1) is 27.1. The van der Waals surface area contributed by atoms with Gasteiger partial charge in [-0.05, 0) is 97.0 Å². The first-order valence-corrected chi connectivity index (χ1v) is 14.4. The van der Waals surface area contributed by atoms with Gasteiger partial charge < -0.3 is 14.6 Å². The van der Waals surface area contributed by atoms with Crippen molar-refractivity contribution < 1.29 is 24.2 Å². The lowest BCUT2D eigenvalue weighted by atomic mass is 9.37. The van der Waals surface area contributed by atoms with Crippen molar-refractivity contribution in [2.24, 2.45) is 50.7 Å². The van der Waals surface area contributed by atoms with Gasteiger partial charge in [0.1, 0.15) is 0 Å². The van der Waals surface area contributed by atoms with Crippen LogP contribution in [0.15, 0.2) is 23.8 Å². The summed E-state index contributed by atoms with van der Waals surface area (Å²) < 4.78 is 11.3. The van der Waals surface area contributed by atoms with Crippen LogP contribution in [-0.4, -0.2) is 43.8 Å². The predicted octanol–water partition coefficient (Wildman–Crippen LogP) is 5.90. The molecule has 0 amide bonds. The predicted molar refractivity (Wildman–Crippen MR) is 144 cm³/mol. The summed E-state index contributed by atoms with van der Waals surface area (Å²) in [6, 6.07) is 0. The van der Waals surface area contributed by atoms with Crippen molar-refractivity contribution in [1.29, 1.82) is 0 Å². The molecule has 4 fully saturated rings. The average molecular weight is 513 g/mol. The first-order valence-electron chi connectivity index (χ1n) is 14.4. The Hall–Kier alpha value is -1.46. The van der Waals surface area contributed by atoms with E-state index in [0.717, 1.165) is 56.9 Å². The van der Waals surface area contributed by atoms with Gasteiger partial charge in [-0.3, -0.25) is 9.59 Å². The number of esters is 1. The van der Waals surface area contributed by atoms with E-state index in [1.54, 1.807) is 7.11 Å². The molecular weight excluding hydrogens is 464 g/mol. The topological polar surface area (TPSA) is 72.8 Å². The number of ether oxygens (including phenoxy) is 2. The highest BCUT2D eigenvalue weighted by atomic mass is 16.5. The number of hydrogen-bond acceptors (Lipinski definition) is 5. The van der Waals surface area contributed by atoms with E-state index in [9.17, 15) is 14.7 Å². The third kappa shape index (κ3) is 3.48. The summed E-state index contributed by atoms with van der Waals surface area (Å²) in [5.41, 5.74) is 0.985. The zero-order valence-electron chi connectivity index (χ0n) is 24.1. The van der Waals surface area contributed by atoms with Crippen molar-refractivity contribution >= 4 is 11.8 Å². The summed E-state index contributed by atoms with van der Waals surface area (Å²) in [5, 5.41) is 10.6. The van der Waals surface area contributed by atoms with Crippen LogP contribution in [0.4, 0.5) is 0 Å². The Labute approximate surface area is 223 Å². The quantitative estimate of drug-likeness (QED) is 0.376. The van der Waals surface area contributed by atoms with Gasteiger partial charge in [0, 0.05) is 18.4 Å². The Balaban J connectivity index is 1.61. The molecule has 0 aromatic carbocycles. The van der Waals surface area contributed by atoms with Crippen molar-refractivity contribution in [2.45, 2.75) is 92.1 Å². The summed E-state index contributed by atoms with van der Waals surface area (Å²) in [4.78, 5) is 27.7. The minimum absolute atomic E-state index is 0.0141. The number of fused-ring (bicyclic) bond motifs is 7. The molecule has 0 bridgehead atoms. The SMILES string of the molecule is C=C1C[C@]2(C)C3=CC(=O)[C@@H]4[C@@H]5CC(C)(C)CC[C@]5(C(=O)OC)CC[C@@]4(C)[C@@H]3CC[C@H]2[C@](C)(CO)[C@H]1OC. The molecule has 0 saturated heterocycles. The Kier molecular flexibility index (Phi) is 6.24. The Bertz CT molecular complexity index is 1040. The maximum absolute atomic E-state index is 14.3. The molecule has 0 heterocycles. The zero-order chi connectivity index (χ0) is 27.2. The molecule has 5 heteroatoms. The lowest BCUT2D eigenvalue weighted by molar-refractivity contribution is -0.185. The van der Waals surface area contributed by atoms with Crippen molar-refractivity contribution in [3.05, 3.63) is 23.8 Å². The van der Waals surface area contributed by atoms with E-state index in [4.69, 9.17) is 9.47 Å². The van der Waals surface area contributed by atoms with Crippen LogP contribution in [0.2, 0.25) is 0 Å². The Morgan fingerprint density at radius 3 is 2.38 bits per heavy atom. The lowest BCUT2D eigenvalue weighted by Gasteiger charge is -2.66. The highest BCUT2D eigenvalue weighted by Gasteiger charge is 2.68. The number of aliphatic hydroxyl groups is 1. The van der Waals surface area contributed by atoms with E-state index in [2.05, 4.69) is 41.2 Å². The third-order valence-corrected chi connectivity index (χ3v) is 12.4. The lowest BCUT2D eigenvalue weighted by Crippen LogP contribution is -2.64. The fraction of sp³-hybridized carbons (Fsp3) is 0.812. The standard InChI is InChI=1S/C32H48O5/c1-19-16-30(5)21-15-23(34)25-22-17-28(2,3)11-13-32(22,27(35)37-8)14-12-29(25,4)20(21)9-10-24(30)31(6,18-33)26(19)36-7/h15,20,22,24-26,33H,1,9-14,16-18H2,2-8H3/t20-,22+,24-,25+,26+,29+,30-,31+,32+/m1/s1. The molecule has 0 unspecified atom stereocenters. The van der Waals surface area contributed by atoms with Gasteiger partial charge in [0.2, 0.25) is 0 Å². The molecule has 0 radical (unpaired) electrons. The molecule has 1 N–H and O–H groups in total. The monoisotopic (exact) mass is 512 g/mol. The molecule has 206 valence electrons. The molecule has 37 heavy (non-hydrogen) atoms. The maximum atomic E-state index is 14.3. The molecule has 9 atom stereocenters. The number of methoxy groups -OCH3 is 2. The van der Waals surface area contributed by atoms with E-state index < -0.39 is 10.8 Å². The number of hydrogen-bond donors (Lipinski definition) is 1. The molecule has 5 rings (SSSR count). The van der Waals surface area contributed by atoms with Crippen LogP contribution in [0.1, 0.15) is 86.0 Å².